The lowest BCUT2D eigenvalue weighted by molar-refractivity contribution is -0.121. The van der Waals surface area contributed by atoms with Crippen molar-refractivity contribution in [1.82, 2.24) is 4.98 Å². The van der Waals surface area contributed by atoms with Gasteiger partial charge in [-0.25, -0.2) is 0 Å². The van der Waals surface area contributed by atoms with Gasteiger partial charge in [0.1, 0.15) is 18.1 Å². The molecule has 1 aromatic heterocycles. The summed E-state index contributed by atoms with van der Waals surface area (Å²) < 4.78 is 11.5. The Hall–Kier alpha value is -4.26. The third kappa shape index (κ3) is 4.59. The Kier molecular flexibility index (Phi) is 5.91. The molecule has 0 saturated carbocycles. The molecule has 5 rings (SSSR count). The number of anilines is 2. The Balaban J connectivity index is 1.24. The molecule has 0 spiro atoms. The number of hydrogen-bond donors (Lipinski definition) is 2. The maximum Gasteiger partial charge on any atom is 0.265 e. The molecule has 7 nitrogen and oxygen atoms in total. The smallest absolute Gasteiger partial charge is 0.265 e. The van der Waals surface area contributed by atoms with Crippen LogP contribution in [0.3, 0.4) is 0 Å². The molecule has 0 aliphatic carbocycles. The molecule has 2 heterocycles. The molecule has 172 valence electrons. The van der Waals surface area contributed by atoms with E-state index in [4.69, 9.17) is 9.47 Å². The number of aromatic nitrogens is 1. The van der Waals surface area contributed by atoms with E-state index < -0.39 is 0 Å². The van der Waals surface area contributed by atoms with Crippen molar-refractivity contribution in [3.63, 3.8) is 0 Å². The molecule has 3 aromatic carbocycles. The molecule has 2 N–H and O–H groups in total. The van der Waals surface area contributed by atoms with Gasteiger partial charge in [-0.3, -0.25) is 9.59 Å². The van der Waals surface area contributed by atoms with E-state index in [-0.39, 0.29) is 24.8 Å². The van der Waals surface area contributed by atoms with Gasteiger partial charge in [-0.15, -0.1) is 0 Å². The zero-order valence-corrected chi connectivity index (χ0v) is 18.8. The van der Waals surface area contributed by atoms with Crippen molar-refractivity contribution in [3.05, 3.63) is 84.1 Å². The van der Waals surface area contributed by atoms with E-state index in [1.807, 2.05) is 61.7 Å². The summed E-state index contributed by atoms with van der Waals surface area (Å²) in [6.45, 7) is 2.71. The topological polar surface area (TPSA) is 83.7 Å². The minimum Gasteiger partial charge on any atom is -0.492 e. The van der Waals surface area contributed by atoms with Crippen LogP contribution in [0, 0.1) is 6.92 Å². The lowest BCUT2D eigenvalue weighted by Crippen LogP contribution is -2.41. The maximum absolute atomic E-state index is 12.7. The van der Waals surface area contributed by atoms with Gasteiger partial charge >= 0.3 is 0 Å². The predicted octanol–water partition coefficient (Wildman–Crippen LogP) is 4.46. The highest BCUT2D eigenvalue weighted by molar-refractivity contribution is 5.99. The largest absolute Gasteiger partial charge is 0.492 e. The van der Waals surface area contributed by atoms with Gasteiger partial charge in [0.2, 0.25) is 5.91 Å². The molecule has 0 unspecified atom stereocenters. The molecule has 0 bridgehead atoms. The van der Waals surface area contributed by atoms with Crippen LogP contribution in [0.4, 0.5) is 11.4 Å². The van der Waals surface area contributed by atoms with Crippen molar-refractivity contribution < 1.29 is 19.1 Å². The molecule has 1 aliphatic heterocycles. The van der Waals surface area contributed by atoms with Crippen LogP contribution in [0.25, 0.3) is 10.9 Å². The molecular formula is C27H25N3O4. The van der Waals surface area contributed by atoms with E-state index in [2.05, 4.69) is 10.3 Å². The van der Waals surface area contributed by atoms with Gasteiger partial charge in [-0.2, -0.15) is 0 Å². The number of rotatable bonds is 7. The number of nitrogens with one attached hydrogen (secondary N) is 2. The van der Waals surface area contributed by atoms with Gasteiger partial charge in [0.05, 0.1) is 18.7 Å². The predicted molar refractivity (Wildman–Crippen MR) is 132 cm³/mol. The Labute approximate surface area is 197 Å². The fraction of sp³-hybridized carbons (Fsp3) is 0.185. The summed E-state index contributed by atoms with van der Waals surface area (Å²) in [7, 11) is 0. The molecule has 34 heavy (non-hydrogen) atoms. The second kappa shape index (κ2) is 9.31. The summed E-state index contributed by atoms with van der Waals surface area (Å²) in [5.74, 6) is 1.07. The zero-order chi connectivity index (χ0) is 23.5. The number of H-pyrrole nitrogens is 1. The summed E-state index contributed by atoms with van der Waals surface area (Å²) in [5, 5.41) is 3.97. The first-order valence-corrected chi connectivity index (χ1v) is 11.2. The number of nitrogens with zero attached hydrogens (tertiary/aromatic N) is 1. The maximum atomic E-state index is 12.7. The number of carbonyl (C=O) groups excluding carboxylic acids is 2. The highest BCUT2D eigenvalue weighted by Crippen LogP contribution is 2.34. The summed E-state index contributed by atoms with van der Waals surface area (Å²) in [4.78, 5) is 30.0. The zero-order valence-electron chi connectivity index (χ0n) is 18.8. The molecule has 7 heteroatoms. The number of amides is 2. The van der Waals surface area contributed by atoms with Gasteiger partial charge in [0.25, 0.3) is 5.91 Å². The van der Waals surface area contributed by atoms with E-state index in [9.17, 15) is 9.59 Å². The van der Waals surface area contributed by atoms with E-state index in [1.165, 1.54) is 0 Å². The number of carbonyl (C=O) groups is 2. The lowest BCUT2D eigenvalue weighted by atomic mass is 10.1. The highest BCUT2D eigenvalue weighted by Gasteiger charge is 2.26. The monoisotopic (exact) mass is 455 g/mol. The minimum atomic E-state index is -0.128. The standard InChI is InChI=1S/C27H25N3O4/c1-18-5-4-6-21(13-18)33-12-11-30-24-10-9-20(15-25(24)34-17-27(30)32)29-26(31)14-19-16-28-23-8-3-2-7-22(19)23/h2-10,13,15-16,28H,11-12,14,17H2,1H3,(H,29,31). The normalized spacial score (nSPS) is 12.9. The fourth-order valence-corrected chi connectivity index (χ4v) is 4.14. The average molecular weight is 456 g/mol. The molecule has 0 fully saturated rings. The fourth-order valence-electron chi connectivity index (χ4n) is 4.14. The lowest BCUT2D eigenvalue weighted by Gasteiger charge is -2.29. The molecule has 4 aromatic rings. The van der Waals surface area contributed by atoms with E-state index >= 15 is 0 Å². The number of fused-ring (bicyclic) bond motifs is 2. The number of ether oxygens (including phenoxy) is 2. The van der Waals surface area contributed by atoms with Crippen LogP contribution in [-0.2, 0) is 16.0 Å². The van der Waals surface area contributed by atoms with Crippen LogP contribution in [0.5, 0.6) is 11.5 Å². The number of aromatic amines is 1. The van der Waals surface area contributed by atoms with Gasteiger partial charge in [0.15, 0.2) is 6.61 Å². The first kappa shape index (κ1) is 21.6. The molecular weight excluding hydrogens is 430 g/mol. The van der Waals surface area contributed by atoms with Crippen molar-refractivity contribution in [2.24, 2.45) is 0 Å². The Morgan fingerprint density at radius 3 is 2.88 bits per heavy atom. The van der Waals surface area contributed by atoms with Crippen LogP contribution in [0.2, 0.25) is 0 Å². The highest BCUT2D eigenvalue weighted by atomic mass is 16.5. The second-order valence-corrected chi connectivity index (χ2v) is 8.27. The number of para-hydroxylation sites is 1. The first-order chi connectivity index (χ1) is 16.6. The third-order valence-corrected chi connectivity index (χ3v) is 5.79. The average Bonchev–Trinajstić information content (AvgIpc) is 3.23. The summed E-state index contributed by atoms with van der Waals surface area (Å²) in [6, 6.07) is 21.0. The van der Waals surface area contributed by atoms with E-state index in [0.29, 0.717) is 30.3 Å². The van der Waals surface area contributed by atoms with E-state index in [0.717, 1.165) is 27.8 Å². The van der Waals surface area contributed by atoms with Crippen molar-refractivity contribution >= 4 is 34.1 Å². The quantitative estimate of drug-likeness (QED) is 0.431. The third-order valence-electron chi connectivity index (χ3n) is 5.79. The number of aryl methyl sites for hydroxylation is 1. The van der Waals surface area contributed by atoms with Crippen molar-refractivity contribution in [2.45, 2.75) is 13.3 Å². The second-order valence-electron chi connectivity index (χ2n) is 8.27. The van der Waals surface area contributed by atoms with Crippen LogP contribution in [-0.4, -0.2) is 36.6 Å². The van der Waals surface area contributed by atoms with Crippen molar-refractivity contribution in [3.8, 4) is 11.5 Å². The van der Waals surface area contributed by atoms with Crippen molar-refractivity contribution in [1.29, 1.82) is 0 Å². The molecule has 2 amide bonds. The Morgan fingerprint density at radius 1 is 1.12 bits per heavy atom. The SMILES string of the molecule is Cc1cccc(OCCN2C(=O)COc3cc(NC(=O)Cc4c[nH]c5ccccc45)ccc32)c1. The molecule has 0 atom stereocenters. The molecule has 1 aliphatic rings. The Morgan fingerprint density at radius 2 is 2.00 bits per heavy atom. The van der Waals surface area contributed by atoms with Gasteiger partial charge < -0.3 is 24.7 Å². The minimum absolute atomic E-state index is 0.0514. The summed E-state index contributed by atoms with van der Waals surface area (Å²) in [6.07, 6.45) is 2.12. The van der Waals surface area contributed by atoms with Crippen molar-refractivity contribution in [2.75, 3.05) is 30.0 Å². The van der Waals surface area contributed by atoms with Crippen LogP contribution in [0.15, 0.2) is 72.9 Å². The molecule has 0 radical (unpaired) electrons. The molecule has 0 saturated heterocycles. The first-order valence-electron chi connectivity index (χ1n) is 11.2. The van der Waals surface area contributed by atoms with Gasteiger partial charge in [-0.1, -0.05) is 30.3 Å². The van der Waals surface area contributed by atoms with Gasteiger partial charge in [0, 0.05) is 28.9 Å². The van der Waals surface area contributed by atoms with Gasteiger partial charge in [-0.05, 0) is 48.4 Å². The van der Waals surface area contributed by atoms with Crippen LogP contribution < -0.4 is 19.7 Å². The van der Waals surface area contributed by atoms with Crippen LogP contribution in [0.1, 0.15) is 11.1 Å². The Bertz CT molecular complexity index is 1360. The van der Waals surface area contributed by atoms with E-state index in [1.54, 1.807) is 23.1 Å². The van der Waals surface area contributed by atoms with Crippen LogP contribution >= 0.6 is 0 Å². The number of benzene rings is 3. The summed E-state index contributed by atoms with van der Waals surface area (Å²) >= 11 is 0. The summed E-state index contributed by atoms with van der Waals surface area (Å²) in [5.41, 5.74) is 4.34. The number of hydrogen-bond acceptors (Lipinski definition) is 4.